The van der Waals surface area contributed by atoms with Gasteiger partial charge in [0.25, 0.3) is 5.91 Å². The first-order chi connectivity index (χ1) is 10.6. The summed E-state index contributed by atoms with van der Waals surface area (Å²) in [6.07, 6.45) is 0.942. The number of rotatable bonds is 5. The average molecular weight is 298 g/mol. The van der Waals surface area contributed by atoms with Crippen molar-refractivity contribution in [2.24, 2.45) is 0 Å². The van der Waals surface area contributed by atoms with E-state index in [1.165, 1.54) is 11.6 Å². The van der Waals surface area contributed by atoms with Gasteiger partial charge in [0.05, 0.1) is 6.61 Å². The fraction of sp³-hybridized carbons (Fsp3) is 0.235. The molecule has 0 bridgehead atoms. The van der Waals surface area contributed by atoms with E-state index in [1.807, 2.05) is 24.3 Å². The van der Waals surface area contributed by atoms with Gasteiger partial charge in [-0.25, -0.2) is 9.78 Å². The first-order valence-electron chi connectivity index (χ1n) is 7.18. The summed E-state index contributed by atoms with van der Waals surface area (Å²) in [6, 6.07) is 12.3. The van der Waals surface area contributed by atoms with E-state index in [4.69, 9.17) is 4.74 Å². The lowest BCUT2D eigenvalue weighted by atomic mass is 10.1. The highest BCUT2D eigenvalue weighted by molar-refractivity contribution is 6.03. The summed E-state index contributed by atoms with van der Waals surface area (Å²) in [5.41, 5.74) is 2.17. The minimum absolute atomic E-state index is 0.121. The van der Waals surface area contributed by atoms with Crippen molar-refractivity contribution in [1.29, 1.82) is 0 Å². The van der Waals surface area contributed by atoms with E-state index in [1.54, 1.807) is 19.1 Å². The largest absolute Gasteiger partial charge is 0.461 e. The van der Waals surface area contributed by atoms with Crippen LogP contribution in [0, 0.1) is 0 Å². The molecule has 0 aliphatic heterocycles. The number of hydrogen-bond donors (Lipinski definition) is 1. The highest BCUT2D eigenvalue weighted by atomic mass is 16.5. The fourth-order valence-corrected chi connectivity index (χ4v) is 1.90. The number of amides is 1. The second-order valence-electron chi connectivity index (χ2n) is 4.63. The van der Waals surface area contributed by atoms with Gasteiger partial charge in [0.15, 0.2) is 0 Å². The second-order valence-corrected chi connectivity index (χ2v) is 4.63. The number of ether oxygens (including phenoxy) is 1. The minimum Gasteiger partial charge on any atom is -0.461 e. The number of nitrogens with one attached hydrogen (secondary N) is 1. The van der Waals surface area contributed by atoms with Crippen molar-refractivity contribution < 1.29 is 14.3 Å². The van der Waals surface area contributed by atoms with Gasteiger partial charge in [-0.15, -0.1) is 0 Å². The van der Waals surface area contributed by atoms with Gasteiger partial charge in [-0.3, -0.25) is 4.79 Å². The number of anilines is 1. The molecule has 0 saturated carbocycles. The molecule has 1 heterocycles. The average Bonchev–Trinajstić information content (AvgIpc) is 2.56. The molecule has 1 aromatic heterocycles. The molecule has 0 aliphatic rings. The second kappa shape index (κ2) is 7.36. The number of hydrogen-bond acceptors (Lipinski definition) is 4. The molecule has 1 aromatic carbocycles. The standard InChI is InChI=1S/C17H18N2O3/c1-3-12-8-10-13(11-9-12)18-16(20)14-6-5-7-15(19-14)17(21)22-4-2/h5-11H,3-4H2,1-2H3,(H,18,20). The molecule has 5 heteroatoms. The lowest BCUT2D eigenvalue weighted by Gasteiger charge is -2.07. The SMILES string of the molecule is CCOC(=O)c1cccc(C(=O)Nc2ccc(CC)cc2)n1. The van der Waals surface area contributed by atoms with Crippen molar-refractivity contribution in [2.45, 2.75) is 20.3 Å². The summed E-state index contributed by atoms with van der Waals surface area (Å²) >= 11 is 0. The van der Waals surface area contributed by atoms with Crippen LogP contribution in [-0.4, -0.2) is 23.5 Å². The molecule has 0 saturated heterocycles. The number of nitrogens with zero attached hydrogens (tertiary/aromatic N) is 1. The van der Waals surface area contributed by atoms with Crippen LogP contribution < -0.4 is 5.32 Å². The lowest BCUT2D eigenvalue weighted by molar-refractivity contribution is 0.0519. The number of pyridine rings is 1. The quantitative estimate of drug-likeness (QED) is 0.861. The molecule has 0 atom stereocenters. The van der Waals surface area contributed by atoms with Gasteiger partial charge < -0.3 is 10.1 Å². The molecule has 1 amide bonds. The van der Waals surface area contributed by atoms with Crippen LogP contribution >= 0.6 is 0 Å². The topological polar surface area (TPSA) is 68.3 Å². The molecule has 0 fully saturated rings. The Morgan fingerprint density at radius 2 is 1.73 bits per heavy atom. The third-order valence-electron chi connectivity index (χ3n) is 3.09. The monoisotopic (exact) mass is 298 g/mol. The maximum absolute atomic E-state index is 12.2. The van der Waals surface area contributed by atoms with Crippen LogP contribution in [0.25, 0.3) is 0 Å². The summed E-state index contributed by atoms with van der Waals surface area (Å²) in [6.45, 7) is 4.05. The minimum atomic E-state index is -0.538. The summed E-state index contributed by atoms with van der Waals surface area (Å²) in [7, 11) is 0. The Hall–Kier alpha value is -2.69. The van der Waals surface area contributed by atoms with Crippen molar-refractivity contribution in [1.82, 2.24) is 4.98 Å². The third kappa shape index (κ3) is 3.91. The molecule has 2 aromatic rings. The summed E-state index contributed by atoms with van der Waals surface area (Å²) in [5.74, 6) is -0.903. The molecular formula is C17H18N2O3. The summed E-state index contributed by atoms with van der Waals surface area (Å²) in [5, 5.41) is 2.75. The van der Waals surface area contributed by atoms with Crippen molar-refractivity contribution in [3.63, 3.8) is 0 Å². The van der Waals surface area contributed by atoms with Crippen molar-refractivity contribution in [2.75, 3.05) is 11.9 Å². The number of esters is 1. The van der Waals surface area contributed by atoms with Gasteiger partial charge in [-0.2, -0.15) is 0 Å². The van der Waals surface area contributed by atoms with E-state index in [0.29, 0.717) is 5.69 Å². The van der Waals surface area contributed by atoms with Crippen LogP contribution in [0.1, 0.15) is 40.4 Å². The molecule has 114 valence electrons. The summed E-state index contributed by atoms with van der Waals surface area (Å²) < 4.78 is 4.87. The van der Waals surface area contributed by atoms with Crippen molar-refractivity contribution in [3.8, 4) is 0 Å². The van der Waals surface area contributed by atoms with E-state index in [9.17, 15) is 9.59 Å². The smallest absolute Gasteiger partial charge is 0.356 e. The highest BCUT2D eigenvalue weighted by Crippen LogP contribution is 2.11. The molecular weight excluding hydrogens is 280 g/mol. The summed E-state index contributed by atoms with van der Waals surface area (Å²) in [4.78, 5) is 27.8. The zero-order chi connectivity index (χ0) is 15.9. The highest BCUT2D eigenvalue weighted by Gasteiger charge is 2.13. The van der Waals surface area contributed by atoms with Gasteiger partial charge in [0, 0.05) is 5.69 Å². The Morgan fingerprint density at radius 3 is 2.36 bits per heavy atom. The van der Waals surface area contributed by atoms with Gasteiger partial charge in [0.2, 0.25) is 0 Å². The van der Waals surface area contributed by atoms with E-state index >= 15 is 0 Å². The fourth-order valence-electron chi connectivity index (χ4n) is 1.90. The normalized spacial score (nSPS) is 10.1. The van der Waals surface area contributed by atoms with Crippen LogP contribution in [-0.2, 0) is 11.2 Å². The van der Waals surface area contributed by atoms with E-state index in [-0.39, 0.29) is 23.9 Å². The van der Waals surface area contributed by atoms with Crippen LogP contribution in [0.2, 0.25) is 0 Å². The molecule has 5 nitrogen and oxygen atoms in total. The molecule has 0 radical (unpaired) electrons. The number of benzene rings is 1. The maximum Gasteiger partial charge on any atom is 0.356 e. The Balaban J connectivity index is 2.11. The lowest BCUT2D eigenvalue weighted by Crippen LogP contribution is -2.16. The van der Waals surface area contributed by atoms with Crippen LogP contribution in [0.5, 0.6) is 0 Å². The molecule has 0 spiro atoms. The van der Waals surface area contributed by atoms with Gasteiger partial charge in [-0.05, 0) is 43.2 Å². The molecule has 1 N–H and O–H groups in total. The van der Waals surface area contributed by atoms with Gasteiger partial charge in [0.1, 0.15) is 11.4 Å². The number of carbonyl (C=O) groups excluding carboxylic acids is 2. The van der Waals surface area contributed by atoms with Crippen molar-refractivity contribution in [3.05, 3.63) is 59.4 Å². The first kappa shape index (κ1) is 15.7. The van der Waals surface area contributed by atoms with Crippen LogP contribution in [0.4, 0.5) is 5.69 Å². The third-order valence-corrected chi connectivity index (χ3v) is 3.09. The Bertz CT molecular complexity index is 666. The van der Waals surface area contributed by atoms with E-state index in [0.717, 1.165) is 6.42 Å². The Morgan fingerprint density at radius 1 is 1.05 bits per heavy atom. The van der Waals surface area contributed by atoms with Crippen LogP contribution in [0.15, 0.2) is 42.5 Å². The zero-order valence-electron chi connectivity index (χ0n) is 12.6. The number of aromatic nitrogens is 1. The zero-order valence-corrected chi connectivity index (χ0v) is 12.6. The van der Waals surface area contributed by atoms with Gasteiger partial charge in [-0.1, -0.05) is 25.1 Å². The van der Waals surface area contributed by atoms with E-state index < -0.39 is 5.97 Å². The predicted octanol–water partition coefficient (Wildman–Crippen LogP) is 3.07. The molecule has 0 aliphatic carbocycles. The maximum atomic E-state index is 12.2. The van der Waals surface area contributed by atoms with Crippen molar-refractivity contribution >= 4 is 17.6 Å². The van der Waals surface area contributed by atoms with Gasteiger partial charge >= 0.3 is 5.97 Å². The number of aryl methyl sites for hydroxylation is 1. The van der Waals surface area contributed by atoms with Crippen LogP contribution in [0.3, 0.4) is 0 Å². The predicted molar refractivity (Wildman–Crippen MR) is 84.0 cm³/mol. The number of carbonyl (C=O) groups is 2. The Labute approximate surface area is 129 Å². The Kier molecular flexibility index (Phi) is 5.25. The van der Waals surface area contributed by atoms with E-state index in [2.05, 4.69) is 17.2 Å². The molecule has 22 heavy (non-hydrogen) atoms. The molecule has 0 unspecified atom stereocenters. The molecule has 2 rings (SSSR count). The first-order valence-corrected chi connectivity index (χ1v) is 7.18.